The van der Waals surface area contributed by atoms with E-state index in [1.54, 1.807) is 24.3 Å². The van der Waals surface area contributed by atoms with E-state index in [0.717, 1.165) is 15.6 Å². The highest BCUT2D eigenvalue weighted by Crippen LogP contribution is 2.40. The highest BCUT2D eigenvalue weighted by molar-refractivity contribution is 7.89. The number of benzene rings is 1. The number of carbonyl (C=O) groups is 2. The molecule has 0 N–H and O–H groups in total. The number of likely N-dealkylation sites (N-methyl/N-ethyl adjacent to an activating group) is 1. The zero-order chi connectivity index (χ0) is 16.8. The van der Waals surface area contributed by atoms with Crippen LogP contribution in [-0.4, -0.2) is 44.2 Å². The third-order valence-electron chi connectivity index (χ3n) is 3.69. The summed E-state index contributed by atoms with van der Waals surface area (Å²) in [5.41, 5.74) is 0. The Labute approximate surface area is 137 Å². The van der Waals surface area contributed by atoms with E-state index in [-0.39, 0.29) is 16.4 Å². The topological polar surface area (TPSA) is 80.8 Å². The predicted octanol–water partition coefficient (Wildman–Crippen LogP) is 2.04. The normalized spacial score (nSPS) is 20.4. The second-order valence-electron chi connectivity index (χ2n) is 5.21. The second-order valence-corrected chi connectivity index (χ2v) is 8.20. The number of nitrogens with zero attached hydrogens (tertiary/aromatic N) is 1. The first kappa shape index (κ1) is 16.1. The zero-order valence-corrected chi connectivity index (χ0v) is 14.2. The molecule has 0 radical (unpaired) electrons. The number of esters is 1. The number of hydrogen-bond acceptors (Lipinski definition) is 6. The fourth-order valence-electron chi connectivity index (χ4n) is 2.55. The number of rotatable bonds is 3. The van der Waals surface area contributed by atoms with Gasteiger partial charge in [0, 0.05) is 17.1 Å². The molecule has 1 aliphatic heterocycles. The van der Waals surface area contributed by atoms with Crippen molar-refractivity contribution >= 4 is 43.2 Å². The predicted molar refractivity (Wildman–Crippen MR) is 86.1 cm³/mol. The molecule has 2 aromatic rings. The van der Waals surface area contributed by atoms with Crippen LogP contribution in [0.25, 0.3) is 10.1 Å². The van der Waals surface area contributed by atoms with Crippen molar-refractivity contribution in [2.45, 2.75) is 24.3 Å². The van der Waals surface area contributed by atoms with Gasteiger partial charge in [0.15, 0.2) is 6.04 Å². The minimum absolute atomic E-state index is 0.00913. The number of thiophene rings is 1. The Hall–Kier alpha value is -1.77. The fraction of sp³-hybridized carbons (Fsp3) is 0.333. The summed E-state index contributed by atoms with van der Waals surface area (Å²) < 4.78 is 32.1. The van der Waals surface area contributed by atoms with Crippen molar-refractivity contribution in [3.8, 4) is 0 Å². The Morgan fingerprint density at radius 2 is 2.04 bits per heavy atom. The van der Waals surface area contributed by atoms with Crippen LogP contribution in [0.4, 0.5) is 0 Å². The maximum absolute atomic E-state index is 12.8. The van der Waals surface area contributed by atoms with E-state index < -0.39 is 27.8 Å². The zero-order valence-electron chi connectivity index (χ0n) is 12.6. The summed E-state index contributed by atoms with van der Waals surface area (Å²) in [4.78, 5) is 24.9. The average Bonchev–Trinajstić information content (AvgIpc) is 2.92. The lowest BCUT2D eigenvalue weighted by Gasteiger charge is -2.28. The lowest BCUT2D eigenvalue weighted by atomic mass is 10.1. The summed E-state index contributed by atoms with van der Waals surface area (Å²) in [5.74, 6) is -1.36. The molecule has 1 aromatic carbocycles. The quantitative estimate of drug-likeness (QED) is 0.623. The van der Waals surface area contributed by atoms with Crippen LogP contribution < -0.4 is 0 Å². The molecule has 1 aliphatic rings. The van der Waals surface area contributed by atoms with Crippen LogP contribution in [0.15, 0.2) is 29.2 Å². The Morgan fingerprint density at radius 3 is 2.74 bits per heavy atom. The van der Waals surface area contributed by atoms with E-state index in [9.17, 15) is 18.0 Å². The van der Waals surface area contributed by atoms with Crippen LogP contribution in [0.5, 0.6) is 0 Å². The minimum atomic E-state index is -3.93. The van der Waals surface area contributed by atoms with E-state index in [4.69, 9.17) is 4.74 Å². The van der Waals surface area contributed by atoms with Gasteiger partial charge in [-0.3, -0.25) is 4.79 Å². The summed E-state index contributed by atoms with van der Waals surface area (Å²) in [6.07, 6.45) is 0.594. The lowest BCUT2D eigenvalue weighted by Crippen LogP contribution is -2.51. The van der Waals surface area contributed by atoms with Crippen molar-refractivity contribution in [1.82, 2.24) is 4.31 Å². The van der Waals surface area contributed by atoms with Crippen molar-refractivity contribution in [3.05, 3.63) is 29.1 Å². The third kappa shape index (κ3) is 2.37. The van der Waals surface area contributed by atoms with E-state index in [1.165, 1.54) is 7.05 Å². The van der Waals surface area contributed by atoms with Gasteiger partial charge in [0.1, 0.15) is 4.90 Å². The van der Waals surface area contributed by atoms with Gasteiger partial charge in [-0.15, -0.1) is 11.3 Å². The first-order valence-electron chi connectivity index (χ1n) is 7.10. The Balaban J connectivity index is 2.18. The SMILES string of the molecule is CCCOC(=O)C1C(=O)c2sc3ccccc3c2S(=O)(=O)N1C. The Kier molecular flexibility index (Phi) is 3.99. The molecule has 1 aromatic heterocycles. The molecule has 0 aliphatic carbocycles. The van der Waals surface area contributed by atoms with E-state index in [1.807, 2.05) is 6.92 Å². The van der Waals surface area contributed by atoms with Crippen molar-refractivity contribution in [2.24, 2.45) is 0 Å². The van der Waals surface area contributed by atoms with E-state index in [0.29, 0.717) is 16.5 Å². The largest absolute Gasteiger partial charge is 0.464 e. The number of hydrogen-bond donors (Lipinski definition) is 0. The molecule has 0 saturated carbocycles. The van der Waals surface area contributed by atoms with Crippen molar-refractivity contribution in [1.29, 1.82) is 0 Å². The van der Waals surface area contributed by atoms with Gasteiger partial charge in [-0.05, 0) is 12.5 Å². The van der Waals surface area contributed by atoms with Crippen LogP contribution in [-0.2, 0) is 19.6 Å². The van der Waals surface area contributed by atoms with Gasteiger partial charge in [-0.2, -0.15) is 4.31 Å². The van der Waals surface area contributed by atoms with Crippen LogP contribution in [0.2, 0.25) is 0 Å². The number of fused-ring (bicyclic) bond motifs is 3. The van der Waals surface area contributed by atoms with Crippen LogP contribution in [0.3, 0.4) is 0 Å². The van der Waals surface area contributed by atoms with Gasteiger partial charge in [-0.1, -0.05) is 25.1 Å². The number of sulfonamides is 1. The van der Waals surface area contributed by atoms with Crippen LogP contribution >= 0.6 is 11.3 Å². The number of ether oxygens (including phenoxy) is 1. The summed E-state index contributed by atoms with van der Waals surface area (Å²) >= 11 is 1.09. The maximum Gasteiger partial charge on any atom is 0.332 e. The summed E-state index contributed by atoms with van der Waals surface area (Å²) in [6, 6.07) is 5.46. The highest BCUT2D eigenvalue weighted by Gasteiger charge is 2.48. The van der Waals surface area contributed by atoms with Crippen molar-refractivity contribution in [3.63, 3.8) is 0 Å². The maximum atomic E-state index is 12.8. The molecule has 0 spiro atoms. The standard InChI is InChI=1S/C15H15NO5S2/c1-3-8-21-15(18)11-12(17)13-14(23(19,20)16(11)2)9-6-4-5-7-10(9)22-13/h4-7,11H,3,8H2,1-2H3. The molecule has 122 valence electrons. The molecule has 0 bridgehead atoms. The highest BCUT2D eigenvalue weighted by atomic mass is 32.2. The number of Topliss-reactive ketones (excluding diaryl/α,β-unsaturated/α-hetero) is 1. The number of carbonyl (C=O) groups excluding carboxylic acids is 2. The van der Waals surface area contributed by atoms with Crippen molar-refractivity contribution in [2.75, 3.05) is 13.7 Å². The average molecular weight is 353 g/mol. The fourth-order valence-corrected chi connectivity index (χ4v) is 5.65. The first-order chi connectivity index (χ1) is 10.9. The molecule has 0 fully saturated rings. The molecular weight excluding hydrogens is 338 g/mol. The van der Waals surface area contributed by atoms with Crippen molar-refractivity contribution < 1.29 is 22.7 Å². The molecule has 1 atom stereocenters. The first-order valence-corrected chi connectivity index (χ1v) is 9.35. The summed E-state index contributed by atoms with van der Waals surface area (Å²) in [7, 11) is -2.70. The van der Waals surface area contributed by atoms with Gasteiger partial charge in [0.25, 0.3) is 0 Å². The van der Waals surface area contributed by atoms with Gasteiger partial charge in [0.05, 0.1) is 11.5 Å². The smallest absolute Gasteiger partial charge is 0.332 e. The van der Waals surface area contributed by atoms with E-state index in [2.05, 4.69) is 0 Å². The molecule has 2 heterocycles. The summed E-state index contributed by atoms with van der Waals surface area (Å²) in [5, 5.41) is 0.507. The minimum Gasteiger partial charge on any atom is -0.464 e. The third-order valence-corrected chi connectivity index (χ3v) is 6.92. The Bertz CT molecular complexity index is 900. The van der Waals surface area contributed by atoms with Gasteiger partial charge in [-0.25, -0.2) is 13.2 Å². The molecule has 1 unspecified atom stereocenters. The molecular formula is C15H15NO5S2. The van der Waals surface area contributed by atoms with Gasteiger partial charge in [0.2, 0.25) is 15.8 Å². The van der Waals surface area contributed by atoms with Crippen LogP contribution in [0, 0.1) is 0 Å². The molecule has 3 rings (SSSR count). The molecule has 23 heavy (non-hydrogen) atoms. The molecule has 0 amide bonds. The lowest BCUT2D eigenvalue weighted by molar-refractivity contribution is -0.146. The number of ketones is 1. The second kappa shape index (κ2) is 5.70. The molecule has 6 nitrogen and oxygen atoms in total. The van der Waals surface area contributed by atoms with Gasteiger partial charge >= 0.3 is 5.97 Å². The molecule has 0 saturated heterocycles. The van der Waals surface area contributed by atoms with Gasteiger partial charge < -0.3 is 4.74 Å². The molecule has 8 heteroatoms. The summed E-state index contributed by atoms with van der Waals surface area (Å²) in [6.45, 7) is 1.97. The van der Waals surface area contributed by atoms with Crippen LogP contribution in [0.1, 0.15) is 23.0 Å². The van der Waals surface area contributed by atoms with E-state index >= 15 is 0 Å². The monoisotopic (exact) mass is 353 g/mol. The Morgan fingerprint density at radius 1 is 1.35 bits per heavy atom.